The number of carboxylic acids is 1. The van der Waals surface area contributed by atoms with Gasteiger partial charge < -0.3 is 20.5 Å². The fraction of sp³-hybridized carbons (Fsp3) is 0.353. The first kappa shape index (κ1) is 19.4. The van der Waals surface area contributed by atoms with Crippen molar-refractivity contribution in [2.24, 2.45) is 15.7 Å². The van der Waals surface area contributed by atoms with Crippen molar-refractivity contribution in [3.05, 3.63) is 47.1 Å². The summed E-state index contributed by atoms with van der Waals surface area (Å²) in [5.74, 6) is -0.999. The van der Waals surface area contributed by atoms with E-state index in [1.807, 2.05) is 6.92 Å². The van der Waals surface area contributed by atoms with Crippen LogP contribution in [0.5, 0.6) is 0 Å². The fourth-order valence-corrected chi connectivity index (χ4v) is 1.92. The Balaban J connectivity index is 3.03. The molecule has 0 spiro atoms. The molecule has 0 aromatic heterocycles. The number of aliphatic imine (C=N–C) groups is 2. The molecule has 130 valence electrons. The maximum absolute atomic E-state index is 11.4. The van der Waals surface area contributed by atoms with Crippen molar-refractivity contribution >= 4 is 18.4 Å². The summed E-state index contributed by atoms with van der Waals surface area (Å²) < 4.78 is 4.93. The van der Waals surface area contributed by atoms with Gasteiger partial charge in [0.05, 0.1) is 36.3 Å². The Bertz CT molecular complexity index is 628. The second-order valence-electron chi connectivity index (χ2n) is 4.95. The highest BCUT2D eigenvalue weighted by Crippen LogP contribution is 2.20. The van der Waals surface area contributed by atoms with Crippen LogP contribution in [-0.4, -0.2) is 55.7 Å². The number of ether oxygens (including phenoxy) is 1. The van der Waals surface area contributed by atoms with Crippen LogP contribution in [-0.2, 0) is 9.53 Å². The number of carboxylic acid groups (broad SMARTS) is 1. The van der Waals surface area contributed by atoms with E-state index in [0.29, 0.717) is 30.1 Å². The molecule has 0 aliphatic carbocycles. The lowest BCUT2D eigenvalue weighted by atomic mass is 10.1. The number of methoxy groups -OCH3 is 1. The molecule has 0 aromatic carbocycles. The summed E-state index contributed by atoms with van der Waals surface area (Å²) in [4.78, 5) is 21.7. The number of aliphatic carboxylic acids is 1. The molecule has 0 saturated heterocycles. The van der Waals surface area contributed by atoms with Crippen LogP contribution < -0.4 is 5.73 Å². The number of hydrogen-bond donors (Lipinski definition) is 2. The van der Waals surface area contributed by atoms with Crippen LogP contribution in [0.2, 0.25) is 0 Å². The summed E-state index contributed by atoms with van der Waals surface area (Å²) >= 11 is 0. The van der Waals surface area contributed by atoms with E-state index < -0.39 is 5.97 Å². The molecule has 0 amide bonds. The normalized spacial score (nSPS) is 17.7. The van der Waals surface area contributed by atoms with E-state index in [9.17, 15) is 9.90 Å². The van der Waals surface area contributed by atoms with Gasteiger partial charge in [0.2, 0.25) is 0 Å². The molecule has 0 saturated carbocycles. The predicted molar refractivity (Wildman–Crippen MR) is 95.9 cm³/mol. The Hall–Kier alpha value is -2.67. The lowest BCUT2D eigenvalue weighted by Gasteiger charge is -2.22. The van der Waals surface area contributed by atoms with Gasteiger partial charge in [0.25, 0.3) is 0 Å². The third-order valence-corrected chi connectivity index (χ3v) is 3.18. The Labute approximate surface area is 142 Å². The van der Waals surface area contributed by atoms with Crippen LogP contribution in [0.3, 0.4) is 0 Å². The first-order valence-electron chi connectivity index (χ1n) is 7.59. The summed E-state index contributed by atoms with van der Waals surface area (Å²) in [5, 5.41) is 9.38. The zero-order chi connectivity index (χ0) is 17.9. The molecular weight excluding hydrogens is 308 g/mol. The van der Waals surface area contributed by atoms with Crippen molar-refractivity contribution in [3.8, 4) is 0 Å². The zero-order valence-corrected chi connectivity index (χ0v) is 14.3. The molecule has 7 heteroatoms. The summed E-state index contributed by atoms with van der Waals surface area (Å²) in [6.45, 7) is 2.99. The third-order valence-electron chi connectivity index (χ3n) is 3.18. The van der Waals surface area contributed by atoms with Crippen LogP contribution in [0.15, 0.2) is 57.1 Å². The van der Waals surface area contributed by atoms with E-state index in [-0.39, 0.29) is 5.57 Å². The van der Waals surface area contributed by atoms with E-state index in [2.05, 4.69) is 9.98 Å². The molecular formula is C17H24N4O3. The van der Waals surface area contributed by atoms with E-state index in [1.54, 1.807) is 43.6 Å². The molecule has 1 rings (SSSR count). The Morgan fingerprint density at radius 2 is 2.29 bits per heavy atom. The van der Waals surface area contributed by atoms with Gasteiger partial charge in [0.15, 0.2) is 0 Å². The molecule has 0 bridgehead atoms. The van der Waals surface area contributed by atoms with Gasteiger partial charge in [0, 0.05) is 38.3 Å². The Kier molecular flexibility index (Phi) is 8.21. The van der Waals surface area contributed by atoms with Gasteiger partial charge in [-0.2, -0.15) is 0 Å². The number of nitrogens with zero attached hydrogens (tertiary/aromatic N) is 3. The van der Waals surface area contributed by atoms with Gasteiger partial charge in [-0.1, -0.05) is 13.0 Å². The largest absolute Gasteiger partial charge is 0.478 e. The minimum absolute atomic E-state index is 0.186. The van der Waals surface area contributed by atoms with E-state index in [0.717, 1.165) is 6.42 Å². The smallest absolute Gasteiger partial charge is 0.337 e. The Morgan fingerprint density at radius 3 is 2.83 bits per heavy atom. The van der Waals surface area contributed by atoms with E-state index >= 15 is 0 Å². The van der Waals surface area contributed by atoms with Gasteiger partial charge in [-0.15, -0.1) is 0 Å². The second-order valence-corrected chi connectivity index (χ2v) is 4.95. The quantitative estimate of drug-likeness (QED) is 0.400. The van der Waals surface area contributed by atoms with Crippen LogP contribution in [0, 0.1) is 0 Å². The molecule has 0 aromatic rings. The van der Waals surface area contributed by atoms with E-state index in [1.165, 1.54) is 12.4 Å². The van der Waals surface area contributed by atoms with Crippen molar-refractivity contribution < 1.29 is 14.6 Å². The van der Waals surface area contributed by atoms with Gasteiger partial charge in [-0.05, 0) is 12.5 Å². The van der Waals surface area contributed by atoms with Crippen LogP contribution in [0.25, 0.3) is 0 Å². The molecule has 1 aliphatic rings. The molecule has 1 heterocycles. The van der Waals surface area contributed by atoms with Crippen molar-refractivity contribution in [1.82, 2.24) is 4.90 Å². The second kappa shape index (κ2) is 10.2. The first-order valence-corrected chi connectivity index (χ1v) is 7.59. The van der Waals surface area contributed by atoms with Crippen LogP contribution >= 0.6 is 0 Å². The Morgan fingerprint density at radius 1 is 1.54 bits per heavy atom. The van der Waals surface area contributed by atoms with Gasteiger partial charge >= 0.3 is 5.97 Å². The molecule has 0 radical (unpaired) electrons. The highest BCUT2D eigenvalue weighted by molar-refractivity contribution is 5.99. The lowest BCUT2D eigenvalue weighted by molar-refractivity contribution is -0.132. The van der Waals surface area contributed by atoms with Gasteiger partial charge in [0.1, 0.15) is 0 Å². The summed E-state index contributed by atoms with van der Waals surface area (Å²) in [6, 6.07) is 0. The summed E-state index contributed by atoms with van der Waals surface area (Å²) in [6.07, 6.45) is 10.4. The number of carbonyl (C=O) groups is 1. The minimum atomic E-state index is -0.999. The number of nitrogens with two attached hydrogens (primary N) is 1. The topological polar surface area (TPSA) is 101 Å². The van der Waals surface area contributed by atoms with Crippen LogP contribution in [0.4, 0.5) is 0 Å². The van der Waals surface area contributed by atoms with Crippen molar-refractivity contribution in [2.75, 3.05) is 27.3 Å². The maximum Gasteiger partial charge on any atom is 0.337 e. The van der Waals surface area contributed by atoms with Crippen molar-refractivity contribution in [2.45, 2.75) is 13.3 Å². The molecule has 7 nitrogen and oxygen atoms in total. The zero-order valence-electron chi connectivity index (χ0n) is 14.3. The predicted octanol–water partition coefficient (Wildman–Crippen LogP) is 1.71. The number of allylic oxidation sites excluding steroid dienone is 3. The lowest BCUT2D eigenvalue weighted by Crippen LogP contribution is -2.21. The molecule has 0 atom stereocenters. The molecule has 24 heavy (non-hydrogen) atoms. The fourth-order valence-electron chi connectivity index (χ4n) is 1.92. The van der Waals surface area contributed by atoms with Crippen molar-refractivity contribution in [3.63, 3.8) is 0 Å². The standard InChI is InChI=1S/C17H24N4O3/c1-4-5-6-14(17(22)23)16-11-20-15(12-21(16)2)13(9-18)10-19-7-8-24-3/h5-6,9-12H,4,7-8,18H2,1-3H3,(H,22,23)/b6-5-,13-9+,16-14+,19-10?. The molecule has 0 fully saturated rings. The van der Waals surface area contributed by atoms with Gasteiger partial charge in [-0.25, -0.2) is 4.79 Å². The minimum Gasteiger partial charge on any atom is -0.478 e. The highest BCUT2D eigenvalue weighted by atomic mass is 16.5. The maximum atomic E-state index is 11.4. The van der Waals surface area contributed by atoms with Gasteiger partial charge in [-0.3, -0.25) is 9.98 Å². The monoisotopic (exact) mass is 332 g/mol. The van der Waals surface area contributed by atoms with Crippen LogP contribution in [0.1, 0.15) is 13.3 Å². The van der Waals surface area contributed by atoms with Crippen molar-refractivity contribution in [1.29, 1.82) is 0 Å². The number of rotatable bonds is 8. The first-order chi connectivity index (χ1) is 11.5. The SMILES string of the molecule is CC/C=C\C(C(=O)O)=C1\C=NC(/C(C=NCCOC)=C/N)=CN1C. The van der Waals surface area contributed by atoms with E-state index in [4.69, 9.17) is 10.5 Å². The average molecular weight is 332 g/mol. The average Bonchev–Trinajstić information content (AvgIpc) is 2.56. The summed E-state index contributed by atoms with van der Waals surface area (Å²) in [5.41, 5.74) is 7.58. The highest BCUT2D eigenvalue weighted by Gasteiger charge is 2.17. The third kappa shape index (κ3) is 5.51. The summed E-state index contributed by atoms with van der Waals surface area (Å²) in [7, 11) is 3.37. The number of hydrogen-bond acceptors (Lipinski definition) is 6. The molecule has 1 aliphatic heterocycles. The molecule has 0 unspecified atom stereocenters. The molecule has 3 N–H and O–H groups in total.